The van der Waals surface area contributed by atoms with Crippen LogP contribution in [-0.2, 0) is 4.74 Å². The fraction of sp³-hybridized carbons (Fsp3) is 1.00. The molecule has 3 rings (SSSR count). The monoisotopic (exact) mass is 266 g/mol. The Balaban J connectivity index is 1.60. The van der Waals surface area contributed by atoms with Crippen LogP contribution in [0.4, 0.5) is 0 Å². The van der Waals surface area contributed by atoms with Gasteiger partial charge in [-0.25, -0.2) is 0 Å². The van der Waals surface area contributed by atoms with E-state index in [9.17, 15) is 0 Å². The molecule has 0 aromatic heterocycles. The molecule has 3 heteroatoms. The first kappa shape index (κ1) is 13.8. The summed E-state index contributed by atoms with van der Waals surface area (Å²) in [5.41, 5.74) is 6.12. The highest BCUT2D eigenvalue weighted by Crippen LogP contribution is 2.34. The van der Waals surface area contributed by atoms with Crippen molar-refractivity contribution in [3.63, 3.8) is 0 Å². The maximum atomic E-state index is 6.12. The summed E-state index contributed by atoms with van der Waals surface area (Å²) in [7, 11) is 0. The van der Waals surface area contributed by atoms with Gasteiger partial charge in [-0.15, -0.1) is 0 Å². The van der Waals surface area contributed by atoms with Gasteiger partial charge in [-0.05, 0) is 31.6 Å². The van der Waals surface area contributed by atoms with E-state index < -0.39 is 0 Å². The molecule has 1 aliphatic heterocycles. The van der Waals surface area contributed by atoms with Crippen LogP contribution in [0.25, 0.3) is 0 Å². The standard InChI is InChI=1S/C16H30N2O/c17-12-14(11-13-5-2-1-3-6-13)18-9-10-19-16-8-4-7-15(16)18/h13-16H,1-12,17H2. The maximum Gasteiger partial charge on any atom is 0.0731 e. The first-order valence-corrected chi connectivity index (χ1v) is 8.46. The highest BCUT2D eigenvalue weighted by Gasteiger charge is 2.39. The van der Waals surface area contributed by atoms with E-state index in [1.807, 2.05) is 0 Å². The molecule has 2 saturated carbocycles. The molecule has 3 nitrogen and oxygen atoms in total. The normalized spacial score (nSPS) is 35.2. The predicted molar refractivity (Wildman–Crippen MR) is 78.1 cm³/mol. The molecule has 2 N–H and O–H groups in total. The molecule has 110 valence electrons. The van der Waals surface area contributed by atoms with Crippen molar-refractivity contribution in [3.8, 4) is 0 Å². The maximum absolute atomic E-state index is 6.12. The second-order valence-electron chi connectivity index (χ2n) is 6.77. The Hall–Kier alpha value is -0.120. The molecule has 0 spiro atoms. The van der Waals surface area contributed by atoms with Crippen LogP contribution < -0.4 is 5.73 Å². The number of nitrogens with two attached hydrogens (primary N) is 1. The Morgan fingerprint density at radius 1 is 1.05 bits per heavy atom. The third-order valence-corrected chi connectivity index (χ3v) is 5.60. The Bertz CT molecular complexity index is 278. The van der Waals surface area contributed by atoms with Crippen LogP contribution in [0, 0.1) is 5.92 Å². The van der Waals surface area contributed by atoms with E-state index in [1.54, 1.807) is 0 Å². The molecule has 3 fully saturated rings. The van der Waals surface area contributed by atoms with Gasteiger partial charge in [0.05, 0.1) is 12.7 Å². The molecule has 1 saturated heterocycles. The molecule has 0 aromatic rings. The van der Waals surface area contributed by atoms with Crippen LogP contribution in [0.15, 0.2) is 0 Å². The van der Waals surface area contributed by atoms with Crippen molar-refractivity contribution < 1.29 is 4.74 Å². The van der Waals surface area contributed by atoms with Gasteiger partial charge in [-0.2, -0.15) is 0 Å². The van der Waals surface area contributed by atoms with Crippen molar-refractivity contribution in [3.05, 3.63) is 0 Å². The fourth-order valence-corrected chi connectivity index (χ4v) is 4.58. The van der Waals surface area contributed by atoms with Crippen molar-refractivity contribution in [1.82, 2.24) is 4.90 Å². The zero-order chi connectivity index (χ0) is 13.1. The number of hydrogen-bond donors (Lipinski definition) is 1. The van der Waals surface area contributed by atoms with Gasteiger partial charge < -0.3 is 10.5 Å². The number of hydrogen-bond acceptors (Lipinski definition) is 3. The van der Waals surface area contributed by atoms with E-state index in [-0.39, 0.29) is 0 Å². The third kappa shape index (κ3) is 3.14. The highest BCUT2D eigenvalue weighted by molar-refractivity contribution is 4.93. The van der Waals surface area contributed by atoms with Crippen LogP contribution in [0.1, 0.15) is 57.8 Å². The number of morpholine rings is 1. The Labute approximate surface area is 117 Å². The van der Waals surface area contributed by atoms with E-state index in [0.29, 0.717) is 18.2 Å². The zero-order valence-electron chi connectivity index (χ0n) is 12.2. The number of ether oxygens (including phenoxy) is 1. The summed E-state index contributed by atoms with van der Waals surface area (Å²) in [6.45, 7) is 2.86. The summed E-state index contributed by atoms with van der Waals surface area (Å²) in [5, 5.41) is 0. The molecule has 3 aliphatic rings. The van der Waals surface area contributed by atoms with Crippen LogP contribution in [0.5, 0.6) is 0 Å². The molecule has 0 aromatic carbocycles. The molecular weight excluding hydrogens is 236 g/mol. The van der Waals surface area contributed by atoms with Crippen LogP contribution in [0.3, 0.4) is 0 Å². The second kappa shape index (κ2) is 6.55. The van der Waals surface area contributed by atoms with Crippen LogP contribution in [0.2, 0.25) is 0 Å². The van der Waals surface area contributed by atoms with Gasteiger partial charge in [-0.3, -0.25) is 4.90 Å². The molecule has 2 aliphatic carbocycles. The molecule has 1 heterocycles. The second-order valence-corrected chi connectivity index (χ2v) is 6.77. The largest absolute Gasteiger partial charge is 0.375 e. The summed E-state index contributed by atoms with van der Waals surface area (Å²) in [5.74, 6) is 0.935. The lowest BCUT2D eigenvalue weighted by molar-refractivity contribution is -0.0738. The summed E-state index contributed by atoms with van der Waals surface area (Å²) >= 11 is 0. The number of fused-ring (bicyclic) bond motifs is 1. The summed E-state index contributed by atoms with van der Waals surface area (Å²) in [4.78, 5) is 2.72. The molecular formula is C16H30N2O. The van der Waals surface area contributed by atoms with E-state index in [0.717, 1.165) is 25.6 Å². The third-order valence-electron chi connectivity index (χ3n) is 5.60. The van der Waals surface area contributed by atoms with Crippen molar-refractivity contribution in [2.75, 3.05) is 19.7 Å². The zero-order valence-corrected chi connectivity index (χ0v) is 12.2. The van der Waals surface area contributed by atoms with E-state index in [4.69, 9.17) is 10.5 Å². The number of nitrogens with zero attached hydrogens (tertiary/aromatic N) is 1. The lowest BCUT2D eigenvalue weighted by Gasteiger charge is -2.43. The average molecular weight is 266 g/mol. The SMILES string of the molecule is NCC(CC1CCCCC1)N1CCOC2CCCC21. The summed E-state index contributed by atoms with van der Waals surface area (Å²) in [6, 6.07) is 1.28. The Morgan fingerprint density at radius 2 is 1.89 bits per heavy atom. The van der Waals surface area contributed by atoms with Crippen molar-refractivity contribution >= 4 is 0 Å². The van der Waals surface area contributed by atoms with Crippen molar-refractivity contribution in [2.45, 2.75) is 76.0 Å². The van der Waals surface area contributed by atoms with Gasteiger partial charge in [-0.1, -0.05) is 32.1 Å². The Kier molecular flexibility index (Phi) is 4.78. The smallest absolute Gasteiger partial charge is 0.0731 e. The van der Waals surface area contributed by atoms with Crippen LogP contribution >= 0.6 is 0 Å². The number of rotatable bonds is 4. The van der Waals surface area contributed by atoms with Gasteiger partial charge in [0, 0.05) is 25.2 Å². The van der Waals surface area contributed by atoms with Crippen molar-refractivity contribution in [2.24, 2.45) is 11.7 Å². The Morgan fingerprint density at radius 3 is 2.68 bits per heavy atom. The van der Waals surface area contributed by atoms with E-state index in [2.05, 4.69) is 4.90 Å². The summed E-state index contributed by atoms with van der Waals surface area (Å²) < 4.78 is 5.93. The molecule has 3 unspecified atom stereocenters. The van der Waals surface area contributed by atoms with E-state index in [1.165, 1.54) is 57.8 Å². The minimum absolute atomic E-state index is 0.508. The predicted octanol–water partition coefficient (Wildman–Crippen LogP) is 2.54. The molecule has 0 bridgehead atoms. The van der Waals surface area contributed by atoms with Crippen LogP contribution in [-0.4, -0.2) is 42.8 Å². The van der Waals surface area contributed by atoms with E-state index >= 15 is 0 Å². The van der Waals surface area contributed by atoms with Gasteiger partial charge >= 0.3 is 0 Å². The summed E-state index contributed by atoms with van der Waals surface area (Å²) in [6.07, 6.45) is 13.0. The molecule has 0 amide bonds. The van der Waals surface area contributed by atoms with Gasteiger partial charge in [0.1, 0.15) is 0 Å². The fourth-order valence-electron chi connectivity index (χ4n) is 4.58. The molecule has 19 heavy (non-hydrogen) atoms. The quantitative estimate of drug-likeness (QED) is 0.850. The van der Waals surface area contributed by atoms with Gasteiger partial charge in [0.25, 0.3) is 0 Å². The molecule has 3 atom stereocenters. The lowest BCUT2D eigenvalue weighted by atomic mass is 9.84. The lowest BCUT2D eigenvalue weighted by Crippen LogP contribution is -2.55. The van der Waals surface area contributed by atoms with Crippen molar-refractivity contribution in [1.29, 1.82) is 0 Å². The topological polar surface area (TPSA) is 38.5 Å². The minimum Gasteiger partial charge on any atom is -0.375 e. The van der Waals surface area contributed by atoms with Gasteiger partial charge in [0.15, 0.2) is 0 Å². The first-order valence-electron chi connectivity index (χ1n) is 8.46. The first-order chi connectivity index (χ1) is 9.38. The van der Waals surface area contributed by atoms with Gasteiger partial charge in [0.2, 0.25) is 0 Å². The minimum atomic E-state index is 0.508. The average Bonchev–Trinajstić information content (AvgIpc) is 2.94. The highest BCUT2D eigenvalue weighted by atomic mass is 16.5. The molecule has 0 radical (unpaired) electrons.